The summed E-state index contributed by atoms with van der Waals surface area (Å²) in [7, 11) is 4.98. The van der Waals surface area contributed by atoms with Crippen LogP contribution in [0.5, 0.6) is 5.75 Å². The quantitative estimate of drug-likeness (QED) is 0.176. The van der Waals surface area contributed by atoms with Crippen molar-refractivity contribution < 1.29 is 14.6 Å². The SMILES string of the molecule is CN(C)C=O.COc1ccc2nc(SC/C(O)=C(\C#N)c3nc4ccccc4[nH]3)[nH]c2c1. The molecule has 0 saturated carbocycles. The number of H-pyrrole nitrogens is 2. The van der Waals surface area contributed by atoms with Gasteiger partial charge in [0.05, 0.1) is 34.9 Å². The predicted octanol–water partition coefficient (Wildman–Crippen LogP) is 3.74. The number of hydrogen-bond donors (Lipinski definition) is 3. The van der Waals surface area contributed by atoms with Crippen molar-refractivity contribution in [3.63, 3.8) is 0 Å². The molecule has 0 aliphatic carbocycles. The van der Waals surface area contributed by atoms with E-state index < -0.39 is 0 Å². The van der Waals surface area contributed by atoms with Crippen LogP contribution in [0.1, 0.15) is 5.82 Å². The number of nitrogens with zero attached hydrogens (tertiary/aromatic N) is 4. The van der Waals surface area contributed by atoms with E-state index in [2.05, 4.69) is 19.9 Å². The van der Waals surface area contributed by atoms with Gasteiger partial charge in [0.15, 0.2) is 11.0 Å². The number of nitrogens with one attached hydrogen (secondary N) is 2. The number of aliphatic hydroxyl groups is 1. The number of para-hydroxylation sites is 2. The molecule has 0 spiro atoms. The number of nitriles is 1. The zero-order chi connectivity index (χ0) is 23.1. The van der Waals surface area contributed by atoms with Gasteiger partial charge in [-0.2, -0.15) is 5.26 Å². The van der Waals surface area contributed by atoms with Gasteiger partial charge in [-0.05, 0) is 24.3 Å². The van der Waals surface area contributed by atoms with Crippen molar-refractivity contribution >= 4 is 45.8 Å². The summed E-state index contributed by atoms with van der Waals surface area (Å²) < 4.78 is 5.20. The van der Waals surface area contributed by atoms with Gasteiger partial charge in [0, 0.05) is 20.2 Å². The van der Waals surface area contributed by atoms with E-state index >= 15 is 0 Å². The van der Waals surface area contributed by atoms with E-state index in [4.69, 9.17) is 4.74 Å². The van der Waals surface area contributed by atoms with E-state index in [0.717, 1.165) is 34.2 Å². The number of methoxy groups -OCH3 is 1. The minimum absolute atomic E-state index is 0.0559. The Morgan fingerprint density at radius 3 is 2.56 bits per heavy atom. The molecule has 2 aromatic heterocycles. The molecule has 1 amide bonds. The largest absolute Gasteiger partial charge is 0.510 e. The smallest absolute Gasteiger partial charge is 0.209 e. The van der Waals surface area contributed by atoms with Crippen molar-refractivity contribution in [3.05, 3.63) is 54.0 Å². The zero-order valence-electron chi connectivity index (χ0n) is 17.8. The highest BCUT2D eigenvalue weighted by Gasteiger charge is 2.14. The van der Waals surface area contributed by atoms with Gasteiger partial charge in [-0.25, -0.2) is 9.97 Å². The number of thioether (sulfide) groups is 1. The molecule has 0 unspecified atom stereocenters. The first-order valence-corrected chi connectivity index (χ1v) is 10.5. The molecule has 10 heteroatoms. The average molecular weight is 451 g/mol. The van der Waals surface area contributed by atoms with Gasteiger partial charge >= 0.3 is 0 Å². The van der Waals surface area contributed by atoms with Gasteiger partial charge < -0.3 is 24.7 Å². The van der Waals surface area contributed by atoms with Gasteiger partial charge in [0.25, 0.3) is 0 Å². The van der Waals surface area contributed by atoms with E-state index in [0.29, 0.717) is 11.0 Å². The Balaban J connectivity index is 0.000000523. The normalized spacial score (nSPS) is 11.3. The summed E-state index contributed by atoms with van der Waals surface area (Å²) in [5.74, 6) is 1.23. The van der Waals surface area contributed by atoms with Crippen LogP contribution in [0.25, 0.3) is 27.6 Å². The van der Waals surface area contributed by atoms with Crippen LogP contribution in [0.2, 0.25) is 0 Å². The fourth-order valence-corrected chi connectivity index (χ4v) is 3.46. The fourth-order valence-electron chi connectivity index (χ4n) is 2.69. The monoisotopic (exact) mass is 450 g/mol. The lowest BCUT2D eigenvalue weighted by molar-refractivity contribution is -0.115. The molecule has 0 radical (unpaired) electrons. The van der Waals surface area contributed by atoms with Crippen molar-refractivity contribution in [2.45, 2.75) is 5.16 Å². The molecule has 32 heavy (non-hydrogen) atoms. The van der Waals surface area contributed by atoms with Crippen LogP contribution in [0, 0.1) is 11.3 Å². The standard InChI is InChI=1S/C19H15N5O2S.C3H7NO/c1-26-11-6-7-15-16(8-11)24-19(23-15)27-10-17(25)12(9-20)18-21-13-4-2-3-5-14(13)22-18;1-4(2)3-5/h2-8,25H,10H2,1H3,(H,21,22)(H,23,24);3H,1-2H3/b17-12-;. The zero-order valence-corrected chi connectivity index (χ0v) is 18.6. The second kappa shape index (κ2) is 10.4. The lowest BCUT2D eigenvalue weighted by Gasteiger charge is -2.00. The predicted molar refractivity (Wildman–Crippen MR) is 124 cm³/mol. The fraction of sp³-hybridized carbons (Fsp3) is 0.182. The lowest BCUT2D eigenvalue weighted by Crippen LogP contribution is -2.06. The summed E-state index contributed by atoms with van der Waals surface area (Å²) in [6.45, 7) is 0. The molecule has 4 aromatic rings. The molecule has 3 N–H and O–H groups in total. The second-order valence-electron chi connectivity index (χ2n) is 6.82. The maximum Gasteiger partial charge on any atom is 0.209 e. The molecule has 0 saturated heterocycles. The summed E-state index contributed by atoms with van der Waals surface area (Å²) in [5.41, 5.74) is 3.33. The van der Waals surface area contributed by atoms with Crippen LogP contribution in [0.4, 0.5) is 0 Å². The van der Waals surface area contributed by atoms with Crippen molar-refractivity contribution in [3.8, 4) is 11.8 Å². The number of benzene rings is 2. The van der Waals surface area contributed by atoms with Gasteiger partial charge in [-0.1, -0.05) is 23.9 Å². The van der Waals surface area contributed by atoms with Crippen LogP contribution in [0.15, 0.2) is 53.4 Å². The van der Waals surface area contributed by atoms with Crippen LogP contribution >= 0.6 is 11.8 Å². The van der Waals surface area contributed by atoms with Crippen LogP contribution in [-0.2, 0) is 4.79 Å². The van der Waals surface area contributed by atoms with Gasteiger partial charge in [-0.3, -0.25) is 4.79 Å². The number of aromatic amines is 2. The third-order valence-electron chi connectivity index (χ3n) is 4.25. The Labute approximate surface area is 188 Å². The second-order valence-corrected chi connectivity index (χ2v) is 7.78. The molecular formula is C22H22N6O3S. The summed E-state index contributed by atoms with van der Waals surface area (Å²) in [6.07, 6.45) is 0.750. The Kier molecular flexibility index (Phi) is 7.36. The molecule has 2 aromatic carbocycles. The Morgan fingerprint density at radius 1 is 1.19 bits per heavy atom. The molecule has 4 rings (SSSR count). The molecular weight excluding hydrogens is 428 g/mol. The molecule has 0 bridgehead atoms. The highest BCUT2D eigenvalue weighted by molar-refractivity contribution is 7.99. The Bertz CT molecular complexity index is 1270. The maximum atomic E-state index is 10.4. The lowest BCUT2D eigenvalue weighted by atomic mass is 10.2. The van der Waals surface area contributed by atoms with E-state index in [9.17, 15) is 15.2 Å². The van der Waals surface area contributed by atoms with Crippen molar-refractivity contribution in [1.29, 1.82) is 5.26 Å². The van der Waals surface area contributed by atoms with Gasteiger partial charge in [-0.15, -0.1) is 0 Å². The number of allylic oxidation sites excluding steroid dienone is 1. The summed E-state index contributed by atoms with van der Waals surface area (Å²) in [4.78, 5) is 25.9. The molecule has 0 aliphatic rings. The van der Waals surface area contributed by atoms with Crippen molar-refractivity contribution in [2.24, 2.45) is 0 Å². The minimum Gasteiger partial charge on any atom is -0.510 e. The van der Waals surface area contributed by atoms with Crippen molar-refractivity contribution in [1.82, 2.24) is 24.8 Å². The third-order valence-corrected chi connectivity index (χ3v) is 5.13. The van der Waals surface area contributed by atoms with Crippen LogP contribution < -0.4 is 4.74 Å². The first-order valence-electron chi connectivity index (χ1n) is 9.50. The van der Waals surface area contributed by atoms with Gasteiger partial charge in [0.2, 0.25) is 6.41 Å². The van der Waals surface area contributed by atoms with Gasteiger partial charge in [0.1, 0.15) is 23.2 Å². The summed E-state index contributed by atoms with van der Waals surface area (Å²) in [5, 5.41) is 20.5. The Morgan fingerprint density at radius 2 is 1.91 bits per heavy atom. The number of carbonyl (C=O) groups is 1. The van der Waals surface area contributed by atoms with E-state index in [1.54, 1.807) is 21.2 Å². The van der Waals surface area contributed by atoms with Crippen LogP contribution in [0.3, 0.4) is 0 Å². The number of carbonyl (C=O) groups excluding carboxylic acids is 1. The number of rotatable bonds is 6. The highest BCUT2D eigenvalue weighted by Crippen LogP contribution is 2.26. The third kappa shape index (κ3) is 5.39. The molecule has 0 fully saturated rings. The molecule has 0 atom stereocenters. The maximum absolute atomic E-state index is 10.4. The molecule has 2 heterocycles. The molecule has 9 nitrogen and oxygen atoms in total. The van der Waals surface area contributed by atoms with E-state index in [1.807, 2.05) is 48.5 Å². The number of amides is 1. The Hall–Kier alpha value is -3.97. The number of imidazole rings is 2. The first kappa shape index (κ1) is 22.7. The number of aliphatic hydroxyl groups excluding tert-OH is 1. The topological polar surface area (TPSA) is 131 Å². The highest BCUT2D eigenvalue weighted by atomic mass is 32.2. The number of ether oxygens (including phenoxy) is 1. The van der Waals surface area contributed by atoms with E-state index in [-0.39, 0.29) is 17.1 Å². The summed E-state index contributed by atoms with van der Waals surface area (Å²) >= 11 is 1.30. The van der Waals surface area contributed by atoms with E-state index in [1.165, 1.54) is 16.7 Å². The number of fused-ring (bicyclic) bond motifs is 2. The molecule has 0 aliphatic heterocycles. The van der Waals surface area contributed by atoms with Crippen LogP contribution in [-0.4, -0.2) is 63.3 Å². The first-order chi connectivity index (χ1) is 15.4. The number of hydrogen-bond acceptors (Lipinski definition) is 7. The van der Waals surface area contributed by atoms with Crippen molar-refractivity contribution in [2.75, 3.05) is 27.0 Å². The average Bonchev–Trinajstić information content (AvgIpc) is 3.41. The minimum atomic E-state index is -0.0559. The summed E-state index contributed by atoms with van der Waals surface area (Å²) in [6, 6.07) is 15.1. The number of aromatic nitrogens is 4. The molecule has 164 valence electrons.